The minimum Gasteiger partial charge on any atom is -0.454 e. The molecule has 34 heavy (non-hydrogen) atoms. The Bertz CT molecular complexity index is 1160. The number of hydrogen-bond acceptors (Lipinski definition) is 7. The SMILES string of the molecule is CC(=O)c1ccc(N2CCN(C(=O)COC(=O)[C@H](C)NS(=O)(=O)c3ccccc3)CC2)c(F)c1. The quantitative estimate of drug-likeness (QED) is 0.441. The van der Waals surface area contributed by atoms with Crippen molar-refractivity contribution < 1.29 is 31.9 Å². The number of benzene rings is 2. The second-order valence-corrected chi connectivity index (χ2v) is 9.57. The monoisotopic (exact) mass is 491 g/mol. The van der Waals surface area contributed by atoms with Crippen LogP contribution < -0.4 is 9.62 Å². The van der Waals surface area contributed by atoms with Crippen molar-refractivity contribution in [1.82, 2.24) is 9.62 Å². The van der Waals surface area contributed by atoms with Gasteiger partial charge in [-0.3, -0.25) is 14.4 Å². The van der Waals surface area contributed by atoms with E-state index in [2.05, 4.69) is 4.72 Å². The number of carbonyl (C=O) groups excluding carboxylic acids is 3. The predicted octanol–water partition coefficient (Wildman–Crippen LogP) is 1.59. The number of Topliss-reactive ketones (excluding diaryl/α,β-unsaturated/α-hetero) is 1. The van der Waals surface area contributed by atoms with E-state index in [0.29, 0.717) is 31.9 Å². The second kappa shape index (κ2) is 10.7. The number of anilines is 1. The van der Waals surface area contributed by atoms with Crippen LogP contribution in [0.4, 0.5) is 10.1 Å². The molecule has 9 nitrogen and oxygen atoms in total. The van der Waals surface area contributed by atoms with E-state index in [1.807, 2.05) is 0 Å². The summed E-state index contributed by atoms with van der Waals surface area (Å²) in [6.45, 7) is 3.48. The Morgan fingerprint density at radius 3 is 2.29 bits per heavy atom. The van der Waals surface area contributed by atoms with Crippen LogP contribution in [0.2, 0.25) is 0 Å². The van der Waals surface area contributed by atoms with E-state index < -0.39 is 40.4 Å². The fourth-order valence-corrected chi connectivity index (χ4v) is 4.69. The Kier molecular flexibility index (Phi) is 8.00. The lowest BCUT2D eigenvalue weighted by molar-refractivity contribution is -0.153. The van der Waals surface area contributed by atoms with E-state index in [1.54, 1.807) is 35.2 Å². The number of sulfonamides is 1. The number of halogens is 1. The van der Waals surface area contributed by atoms with E-state index in [1.165, 1.54) is 36.9 Å². The Hall–Kier alpha value is -3.31. The average molecular weight is 492 g/mol. The molecule has 0 unspecified atom stereocenters. The third kappa shape index (κ3) is 6.17. The molecule has 11 heteroatoms. The van der Waals surface area contributed by atoms with Gasteiger partial charge in [-0.05, 0) is 44.2 Å². The third-order valence-electron chi connectivity index (χ3n) is 5.40. The topological polar surface area (TPSA) is 113 Å². The van der Waals surface area contributed by atoms with Crippen LogP contribution in [0.5, 0.6) is 0 Å². The highest BCUT2D eigenvalue weighted by Gasteiger charge is 2.26. The fraction of sp³-hybridized carbons (Fsp3) is 0.348. The molecule has 1 amide bonds. The molecule has 0 aromatic heterocycles. The zero-order valence-electron chi connectivity index (χ0n) is 18.9. The number of ether oxygens (including phenoxy) is 1. The summed E-state index contributed by atoms with van der Waals surface area (Å²) in [6, 6.07) is 10.7. The summed E-state index contributed by atoms with van der Waals surface area (Å²) in [5.41, 5.74) is 0.639. The molecule has 0 radical (unpaired) electrons. The lowest BCUT2D eigenvalue weighted by atomic mass is 10.1. The van der Waals surface area contributed by atoms with Gasteiger partial charge in [0, 0.05) is 31.7 Å². The molecule has 2 aromatic rings. The van der Waals surface area contributed by atoms with Crippen LogP contribution in [0.3, 0.4) is 0 Å². The van der Waals surface area contributed by atoms with Crippen molar-refractivity contribution in [3.05, 3.63) is 59.9 Å². The van der Waals surface area contributed by atoms with E-state index >= 15 is 0 Å². The van der Waals surface area contributed by atoms with Gasteiger partial charge in [0.15, 0.2) is 12.4 Å². The molecule has 1 heterocycles. The number of ketones is 1. The van der Waals surface area contributed by atoms with Crippen molar-refractivity contribution in [3.63, 3.8) is 0 Å². The minimum absolute atomic E-state index is 0.0102. The minimum atomic E-state index is -3.91. The van der Waals surface area contributed by atoms with Crippen LogP contribution in [-0.4, -0.2) is 69.8 Å². The van der Waals surface area contributed by atoms with Gasteiger partial charge in [0.2, 0.25) is 10.0 Å². The summed E-state index contributed by atoms with van der Waals surface area (Å²) in [5, 5.41) is 0. The van der Waals surface area contributed by atoms with Gasteiger partial charge in [-0.25, -0.2) is 12.8 Å². The summed E-state index contributed by atoms with van der Waals surface area (Å²) in [6.07, 6.45) is 0. The van der Waals surface area contributed by atoms with Crippen molar-refractivity contribution in [1.29, 1.82) is 0 Å². The molecule has 1 saturated heterocycles. The highest BCUT2D eigenvalue weighted by molar-refractivity contribution is 7.89. The first-order chi connectivity index (χ1) is 16.1. The number of rotatable bonds is 8. The Morgan fingerprint density at radius 1 is 1.06 bits per heavy atom. The van der Waals surface area contributed by atoms with Gasteiger partial charge in [-0.15, -0.1) is 0 Å². The molecule has 0 saturated carbocycles. The standard InChI is InChI=1S/C23H26FN3O6S/c1-16(25-34(31,32)19-6-4-3-5-7-19)23(30)33-15-22(29)27-12-10-26(11-13-27)21-9-8-18(17(2)28)14-20(21)24/h3-9,14,16,25H,10-13,15H2,1-2H3/t16-/m0/s1. The number of hydrogen-bond donors (Lipinski definition) is 1. The first kappa shape index (κ1) is 25.3. The smallest absolute Gasteiger partial charge is 0.324 e. The molecule has 182 valence electrons. The van der Waals surface area contributed by atoms with Crippen LogP contribution in [0.15, 0.2) is 53.4 Å². The molecule has 1 N–H and O–H groups in total. The zero-order chi connectivity index (χ0) is 24.9. The van der Waals surface area contributed by atoms with Crippen molar-refractivity contribution >= 4 is 33.4 Å². The first-order valence-corrected chi connectivity index (χ1v) is 12.1. The van der Waals surface area contributed by atoms with Gasteiger partial charge in [0.1, 0.15) is 11.9 Å². The molecular formula is C23H26FN3O6S. The summed E-state index contributed by atoms with van der Waals surface area (Å²) >= 11 is 0. The molecule has 3 rings (SSSR count). The van der Waals surface area contributed by atoms with Gasteiger partial charge in [0.25, 0.3) is 5.91 Å². The van der Waals surface area contributed by atoms with E-state index in [9.17, 15) is 27.2 Å². The molecule has 1 aliphatic rings. The number of amides is 1. The first-order valence-electron chi connectivity index (χ1n) is 10.7. The summed E-state index contributed by atoms with van der Waals surface area (Å²) < 4.78 is 46.2. The number of carbonyl (C=O) groups is 3. The van der Waals surface area contributed by atoms with Crippen molar-refractivity contribution in [2.24, 2.45) is 0 Å². The summed E-state index contributed by atoms with van der Waals surface area (Å²) in [4.78, 5) is 39.3. The van der Waals surface area contributed by atoms with Crippen LogP contribution >= 0.6 is 0 Å². The molecule has 0 aliphatic carbocycles. The fourth-order valence-electron chi connectivity index (χ4n) is 3.48. The lowest BCUT2D eigenvalue weighted by Crippen LogP contribution is -2.50. The van der Waals surface area contributed by atoms with E-state index in [4.69, 9.17) is 4.74 Å². The van der Waals surface area contributed by atoms with Crippen LogP contribution in [-0.2, 0) is 24.3 Å². The maximum absolute atomic E-state index is 14.4. The lowest BCUT2D eigenvalue weighted by Gasteiger charge is -2.36. The highest BCUT2D eigenvalue weighted by Crippen LogP contribution is 2.22. The third-order valence-corrected chi connectivity index (χ3v) is 6.96. The molecule has 1 fully saturated rings. The largest absolute Gasteiger partial charge is 0.454 e. The molecule has 1 aliphatic heterocycles. The van der Waals surface area contributed by atoms with Crippen LogP contribution in [0.25, 0.3) is 0 Å². The van der Waals surface area contributed by atoms with Gasteiger partial charge >= 0.3 is 5.97 Å². The van der Waals surface area contributed by atoms with E-state index in [-0.39, 0.29) is 16.2 Å². The van der Waals surface area contributed by atoms with Gasteiger partial charge < -0.3 is 14.5 Å². The molecule has 0 bridgehead atoms. The average Bonchev–Trinajstić information content (AvgIpc) is 2.82. The Labute approximate surface area is 197 Å². The van der Waals surface area contributed by atoms with Crippen molar-refractivity contribution in [2.45, 2.75) is 24.8 Å². The predicted molar refractivity (Wildman–Crippen MR) is 122 cm³/mol. The maximum atomic E-state index is 14.4. The highest BCUT2D eigenvalue weighted by atomic mass is 32.2. The van der Waals surface area contributed by atoms with E-state index in [0.717, 1.165) is 0 Å². The van der Waals surface area contributed by atoms with Crippen molar-refractivity contribution in [3.8, 4) is 0 Å². The molecule has 1 atom stereocenters. The maximum Gasteiger partial charge on any atom is 0.324 e. The number of nitrogens with one attached hydrogen (secondary N) is 1. The van der Waals surface area contributed by atoms with Gasteiger partial charge in [-0.2, -0.15) is 4.72 Å². The molecular weight excluding hydrogens is 465 g/mol. The summed E-state index contributed by atoms with van der Waals surface area (Å²) in [5.74, 6) is -2.04. The Morgan fingerprint density at radius 2 is 1.71 bits per heavy atom. The van der Waals surface area contributed by atoms with Crippen LogP contribution in [0.1, 0.15) is 24.2 Å². The second-order valence-electron chi connectivity index (χ2n) is 7.85. The number of esters is 1. The summed E-state index contributed by atoms with van der Waals surface area (Å²) in [7, 11) is -3.91. The van der Waals surface area contributed by atoms with Crippen LogP contribution in [0, 0.1) is 5.82 Å². The van der Waals surface area contributed by atoms with Gasteiger partial charge in [-0.1, -0.05) is 18.2 Å². The van der Waals surface area contributed by atoms with Crippen molar-refractivity contribution in [2.75, 3.05) is 37.7 Å². The number of nitrogens with zero attached hydrogens (tertiary/aromatic N) is 2. The number of piperazine rings is 1. The molecule has 0 spiro atoms. The zero-order valence-corrected chi connectivity index (χ0v) is 19.7. The Balaban J connectivity index is 1.48. The van der Waals surface area contributed by atoms with Gasteiger partial charge in [0.05, 0.1) is 10.6 Å². The normalized spacial score (nSPS) is 15.0. The molecule has 2 aromatic carbocycles.